The molecule has 1 unspecified atom stereocenters. The SMILES string of the molecule is CCc1ccc2nc(N3C(=O)C(=O)/C(=C(/O)c4ccc(C)c(C)c4)C3c3cccc(C)c3)sc2c1. The molecule has 1 aliphatic rings. The van der Waals surface area contributed by atoms with Crippen LogP contribution in [-0.4, -0.2) is 21.8 Å². The molecule has 35 heavy (non-hydrogen) atoms. The van der Waals surface area contributed by atoms with Crippen molar-refractivity contribution in [2.24, 2.45) is 0 Å². The van der Waals surface area contributed by atoms with Gasteiger partial charge in [-0.05, 0) is 67.6 Å². The zero-order valence-corrected chi connectivity index (χ0v) is 20.9. The number of hydrogen-bond acceptors (Lipinski definition) is 5. The number of rotatable bonds is 4. The van der Waals surface area contributed by atoms with Crippen LogP contribution in [0.25, 0.3) is 16.0 Å². The summed E-state index contributed by atoms with van der Waals surface area (Å²) < 4.78 is 0.957. The molecule has 5 rings (SSSR count). The van der Waals surface area contributed by atoms with E-state index in [1.54, 1.807) is 6.07 Å². The van der Waals surface area contributed by atoms with Crippen molar-refractivity contribution in [2.75, 3.05) is 4.90 Å². The standard InChI is InChI=1S/C29H26N2O3S/c1-5-19-10-12-22-23(15-19)35-29(30-22)31-25(20-8-6-7-16(2)13-20)24(27(33)28(31)34)26(32)21-11-9-17(3)18(4)14-21/h6-15,25,32H,5H2,1-4H3/b26-24+. The van der Waals surface area contributed by atoms with Crippen molar-refractivity contribution in [3.05, 3.63) is 99.6 Å². The van der Waals surface area contributed by atoms with Gasteiger partial charge in [0, 0.05) is 5.56 Å². The number of aliphatic hydroxyl groups is 1. The number of hydrogen-bond donors (Lipinski definition) is 1. The summed E-state index contributed by atoms with van der Waals surface area (Å²) in [6, 6.07) is 18.5. The minimum absolute atomic E-state index is 0.0809. The Morgan fingerprint density at radius 2 is 1.80 bits per heavy atom. The minimum Gasteiger partial charge on any atom is -0.507 e. The van der Waals surface area contributed by atoms with Gasteiger partial charge in [-0.1, -0.05) is 66.3 Å². The number of ketones is 1. The van der Waals surface area contributed by atoms with Crippen molar-refractivity contribution in [3.8, 4) is 0 Å². The number of amides is 1. The van der Waals surface area contributed by atoms with Crippen LogP contribution in [0, 0.1) is 20.8 Å². The quantitative estimate of drug-likeness (QED) is 0.207. The lowest BCUT2D eigenvalue weighted by molar-refractivity contribution is -0.132. The van der Waals surface area contributed by atoms with E-state index in [4.69, 9.17) is 4.98 Å². The van der Waals surface area contributed by atoms with Gasteiger partial charge in [-0.2, -0.15) is 0 Å². The predicted molar refractivity (Wildman–Crippen MR) is 141 cm³/mol. The number of thiazole rings is 1. The number of anilines is 1. The van der Waals surface area contributed by atoms with E-state index >= 15 is 0 Å². The third-order valence-corrected chi connectivity index (χ3v) is 7.66. The molecule has 1 aromatic heterocycles. The van der Waals surface area contributed by atoms with E-state index in [0.29, 0.717) is 10.7 Å². The zero-order valence-electron chi connectivity index (χ0n) is 20.1. The van der Waals surface area contributed by atoms with E-state index < -0.39 is 17.7 Å². The molecule has 1 saturated heterocycles. The van der Waals surface area contributed by atoms with Gasteiger partial charge in [-0.25, -0.2) is 4.98 Å². The van der Waals surface area contributed by atoms with Gasteiger partial charge in [0.2, 0.25) is 0 Å². The average Bonchev–Trinajstić information content (AvgIpc) is 3.38. The summed E-state index contributed by atoms with van der Waals surface area (Å²) in [7, 11) is 0. The number of aryl methyl sites for hydroxylation is 4. The Labute approximate surface area is 208 Å². The molecule has 0 saturated carbocycles. The Kier molecular flexibility index (Phi) is 5.77. The van der Waals surface area contributed by atoms with Gasteiger partial charge < -0.3 is 5.11 Å². The Balaban J connectivity index is 1.73. The van der Waals surface area contributed by atoms with Crippen LogP contribution in [0.2, 0.25) is 0 Å². The molecule has 176 valence electrons. The Morgan fingerprint density at radius 1 is 1.00 bits per heavy atom. The highest BCUT2D eigenvalue weighted by Crippen LogP contribution is 2.44. The summed E-state index contributed by atoms with van der Waals surface area (Å²) in [4.78, 5) is 33.0. The second kappa shape index (κ2) is 8.78. The smallest absolute Gasteiger partial charge is 0.301 e. The van der Waals surface area contributed by atoms with Crippen LogP contribution in [-0.2, 0) is 16.0 Å². The minimum atomic E-state index is -0.775. The average molecular weight is 483 g/mol. The van der Waals surface area contributed by atoms with Crippen molar-refractivity contribution >= 4 is 44.1 Å². The van der Waals surface area contributed by atoms with Crippen molar-refractivity contribution in [2.45, 2.75) is 40.2 Å². The van der Waals surface area contributed by atoms with Crippen LogP contribution in [0.5, 0.6) is 0 Å². The maximum atomic E-state index is 13.4. The molecule has 0 bridgehead atoms. The first-order valence-electron chi connectivity index (χ1n) is 11.6. The van der Waals surface area contributed by atoms with Crippen LogP contribution < -0.4 is 4.90 Å². The highest BCUT2D eigenvalue weighted by molar-refractivity contribution is 7.22. The highest BCUT2D eigenvalue weighted by atomic mass is 32.1. The fraction of sp³-hybridized carbons (Fsp3) is 0.207. The van der Waals surface area contributed by atoms with Gasteiger partial charge in [-0.15, -0.1) is 0 Å². The molecule has 6 heteroatoms. The van der Waals surface area contributed by atoms with E-state index in [1.165, 1.54) is 21.8 Å². The number of benzene rings is 3. The lowest BCUT2D eigenvalue weighted by Gasteiger charge is -2.23. The molecule has 0 radical (unpaired) electrons. The number of aromatic nitrogens is 1. The van der Waals surface area contributed by atoms with Crippen LogP contribution in [0.4, 0.5) is 5.13 Å². The topological polar surface area (TPSA) is 70.5 Å². The molecule has 1 N–H and O–H groups in total. The summed E-state index contributed by atoms with van der Waals surface area (Å²) in [5.74, 6) is -1.56. The molecule has 1 fully saturated rings. The number of fused-ring (bicyclic) bond motifs is 1. The predicted octanol–water partition coefficient (Wildman–Crippen LogP) is 6.41. The van der Waals surface area contributed by atoms with E-state index in [1.807, 2.05) is 69.3 Å². The summed E-state index contributed by atoms with van der Waals surface area (Å²) in [6.45, 7) is 7.99. The number of nitrogens with zero attached hydrogens (tertiary/aromatic N) is 2. The van der Waals surface area contributed by atoms with Crippen molar-refractivity contribution in [3.63, 3.8) is 0 Å². The Hall–Kier alpha value is -3.77. The summed E-state index contributed by atoms with van der Waals surface area (Å²) >= 11 is 1.38. The van der Waals surface area contributed by atoms with Crippen LogP contribution in [0.3, 0.4) is 0 Å². The lowest BCUT2D eigenvalue weighted by Crippen LogP contribution is -2.29. The van der Waals surface area contributed by atoms with Crippen LogP contribution in [0.15, 0.2) is 66.2 Å². The van der Waals surface area contributed by atoms with Crippen molar-refractivity contribution in [1.82, 2.24) is 4.98 Å². The molecule has 0 spiro atoms. The van der Waals surface area contributed by atoms with Crippen LogP contribution >= 0.6 is 11.3 Å². The normalized spacial score (nSPS) is 17.5. The second-order valence-corrected chi connectivity index (χ2v) is 10.0. The molecule has 5 nitrogen and oxygen atoms in total. The first kappa shape index (κ1) is 23.0. The molecule has 3 aromatic carbocycles. The maximum Gasteiger partial charge on any atom is 0.301 e. The zero-order chi connectivity index (χ0) is 24.9. The van der Waals surface area contributed by atoms with Gasteiger partial charge >= 0.3 is 5.91 Å². The van der Waals surface area contributed by atoms with Crippen molar-refractivity contribution in [1.29, 1.82) is 0 Å². The first-order chi connectivity index (χ1) is 16.8. The largest absolute Gasteiger partial charge is 0.507 e. The van der Waals surface area contributed by atoms with E-state index in [2.05, 4.69) is 13.0 Å². The fourth-order valence-electron chi connectivity index (χ4n) is 4.51. The molecular formula is C29H26N2O3S. The number of carbonyl (C=O) groups excluding carboxylic acids is 2. The molecule has 0 aliphatic carbocycles. The Bertz CT molecular complexity index is 1530. The highest BCUT2D eigenvalue weighted by Gasteiger charge is 2.48. The molecule has 1 amide bonds. The number of aliphatic hydroxyl groups excluding tert-OH is 1. The van der Waals surface area contributed by atoms with Gasteiger partial charge in [0.1, 0.15) is 5.76 Å². The van der Waals surface area contributed by atoms with Crippen LogP contribution in [0.1, 0.15) is 46.3 Å². The van der Waals surface area contributed by atoms with E-state index in [0.717, 1.165) is 38.9 Å². The number of carbonyl (C=O) groups is 2. The lowest BCUT2D eigenvalue weighted by atomic mass is 9.93. The van der Waals surface area contributed by atoms with Gasteiger partial charge in [0.05, 0.1) is 21.8 Å². The monoisotopic (exact) mass is 482 g/mol. The van der Waals surface area contributed by atoms with E-state index in [9.17, 15) is 14.7 Å². The second-order valence-electron chi connectivity index (χ2n) is 9.03. The molecular weight excluding hydrogens is 456 g/mol. The van der Waals surface area contributed by atoms with Gasteiger partial charge in [0.15, 0.2) is 5.13 Å². The maximum absolute atomic E-state index is 13.4. The van der Waals surface area contributed by atoms with Gasteiger partial charge in [0.25, 0.3) is 5.78 Å². The third-order valence-electron chi connectivity index (χ3n) is 6.64. The molecule has 1 aliphatic heterocycles. The summed E-state index contributed by atoms with van der Waals surface area (Å²) in [5.41, 5.74) is 6.38. The first-order valence-corrected chi connectivity index (χ1v) is 12.4. The Morgan fingerprint density at radius 3 is 2.51 bits per heavy atom. The third kappa shape index (κ3) is 3.94. The van der Waals surface area contributed by atoms with Crippen molar-refractivity contribution < 1.29 is 14.7 Å². The summed E-state index contributed by atoms with van der Waals surface area (Å²) in [6.07, 6.45) is 0.896. The molecule has 4 aromatic rings. The fourth-order valence-corrected chi connectivity index (χ4v) is 5.57. The molecule has 2 heterocycles. The number of Topliss-reactive ketones (excluding diaryl/α,β-unsaturated/α-hetero) is 1. The van der Waals surface area contributed by atoms with Gasteiger partial charge in [-0.3, -0.25) is 14.5 Å². The molecule has 1 atom stereocenters. The van der Waals surface area contributed by atoms with E-state index in [-0.39, 0.29) is 11.3 Å². The summed E-state index contributed by atoms with van der Waals surface area (Å²) in [5, 5.41) is 11.8.